The normalized spacial score (nSPS) is 13.2. The molecule has 0 aromatic heterocycles. The fourth-order valence-electron chi connectivity index (χ4n) is 0.803. The molecule has 76 valence electrons. The van der Waals surface area contributed by atoms with E-state index in [0.29, 0.717) is 5.57 Å². The average molecular weight is 192 g/mol. The van der Waals surface area contributed by atoms with Crippen LogP contribution in [0.3, 0.4) is 0 Å². The number of rotatable bonds is 3. The van der Waals surface area contributed by atoms with Crippen LogP contribution in [0.25, 0.3) is 0 Å². The summed E-state index contributed by atoms with van der Waals surface area (Å²) in [7, 11) is 0. The van der Waals surface area contributed by atoms with Gasteiger partial charge in [0, 0.05) is 11.1 Å². The number of nitriles is 2. The molecule has 0 rings (SSSR count). The van der Waals surface area contributed by atoms with Gasteiger partial charge in [0.2, 0.25) is 0 Å². The van der Waals surface area contributed by atoms with Gasteiger partial charge in [0.1, 0.15) is 0 Å². The monoisotopic (exact) mass is 192 g/mol. The molecule has 0 atom stereocenters. The first-order valence-corrected chi connectivity index (χ1v) is 4.23. The lowest BCUT2D eigenvalue weighted by Crippen LogP contribution is -2.33. The minimum atomic E-state index is -0.858. The molecule has 0 radical (unpaired) electrons. The highest BCUT2D eigenvalue weighted by Crippen LogP contribution is 2.26. The van der Waals surface area contributed by atoms with E-state index in [1.54, 1.807) is 27.7 Å². The second-order valence-corrected chi connectivity index (χ2v) is 4.23. The Kier molecular flexibility index (Phi) is 3.82. The van der Waals surface area contributed by atoms with Crippen LogP contribution >= 0.6 is 0 Å². The summed E-state index contributed by atoms with van der Waals surface area (Å²) in [5.74, 6) is 0. The van der Waals surface area contributed by atoms with Gasteiger partial charge in [0.05, 0.1) is 17.6 Å². The fourth-order valence-corrected chi connectivity index (χ4v) is 0.803. The predicted octanol–water partition coefficient (Wildman–Crippen LogP) is 1.85. The Hall–Kier alpha value is -1.36. The molecule has 0 aliphatic heterocycles. The highest BCUT2D eigenvalue weighted by Gasteiger charge is 2.25. The smallest absolute Gasteiger partial charge is 0.0961 e. The van der Waals surface area contributed by atoms with Crippen molar-refractivity contribution in [1.82, 2.24) is 5.48 Å². The molecule has 0 unspecified atom stereocenters. The zero-order valence-corrected chi connectivity index (χ0v) is 8.88. The van der Waals surface area contributed by atoms with Gasteiger partial charge >= 0.3 is 0 Å². The van der Waals surface area contributed by atoms with E-state index in [1.165, 1.54) is 6.08 Å². The summed E-state index contributed by atoms with van der Waals surface area (Å²) in [4.78, 5) is 0. The maximum absolute atomic E-state index is 10.5. The number of hydroxylamine groups is 1. The molecule has 0 spiro atoms. The topological polar surface area (TPSA) is 82.7 Å². The maximum atomic E-state index is 10.5. The van der Waals surface area contributed by atoms with Crippen molar-refractivity contribution in [3.05, 3.63) is 16.9 Å². The van der Waals surface area contributed by atoms with Crippen molar-refractivity contribution < 1.29 is 0 Å². The van der Waals surface area contributed by atoms with Gasteiger partial charge < -0.3 is 10.7 Å². The Balaban J connectivity index is 5.15. The van der Waals surface area contributed by atoms with Crippen molar-refractivity contribution in [3.8, 4) is 12.1 Å². The van der Waals surface area contributed by atoms with Crippen LogP contribution in [0.4, 0.5) is 0 Å². The molecule has 0 aromatic rings. The van der Waals surface area contributed by atoms with Gasteiger partial charge in [-0.15, -0.1) is 0 Å². The SMILES string of the molecule is CC(C)(C=C(C#N)C(C)(C)C#N)N[O-]. The van der Waals surface area contributed by atoms with Crippen LogP contribution < -0.4 is 5.48 Å². The fraction of sp³-hybridized carbons (Fsp3) is 0.600. The zero-order valence-electron chi connectivity index (χ0n) is 8.88. The Labute approximate surface area is 84.4 Å². The molecule has 1 N–H and O–H groups in total. The van der Waals surface area contributed by atoms with E-state index >= 15 is 0 Å². The highest BCUT2D eigenvalue weighted by atomic mass is 16.5. The lowest BCUT2D eigenvalue weighted by atomic mass is 9.84. The van der Waals surface area contributed by atoms with Crippen molar-refractivity contribution in [3.63, 3.8) is 0 Å². The zero-order chi connectivity index (χ0) is 11.4. The number of hydrogen-bond acceptors (Lipinski definition) is 4. The lowest BCUT2D eigenvalue weighted by Gasteiger charge is -2.28. The lowest BCUT2D eigenvalue weighted by molar-refractivity contribution is 0.531. The molecule has 0 amide bonds. The van der Waals surface area contributed by atoms with Gasteiger partial charge in [0.15, 0.2) is 0 Å². The van der Waals surface area contributed by atoms with E-state index in [-0.39, 0.29) is 0 Å². The molecule has 0 aliphatic rings. The van der Waals surface area contributed by atoms with Gasteiger partial charge in [-0.25, -0.2) is 0 Å². The van der Waals surface area contributed by atoms with Crippen LogP contribution in [0, 0.1) is 33.3 Å². The highest BCUT2D eigenvalue weighted by molar-refractivity contribution is 5.35. The van der Waals surface area contributed by atoms with Gasteiger partial charge in [-0.1, -0.05) is 6.08 Å². The number of allylic oxidation sites excluding steroid dienone is 1. The van der Waals surface area contributed by atoms with Crippen LogP contribution in [-0.2, 0) is 0 Å². The predicted molar refractivity (Wildman–Crippen MR) is 53.7 cm³/mol. The molecule has 0 saturated heterocycles. The van der Waals surface area contributed by atoms with Crippen LogP contribution in [0.1, 0.15) is 27.7 Å². The van der Waals surface area contributed by atoms with E-state index < -0.39 is 11.0 Å². The minimum absolute atomic E-state index is 0.299. The Morgan fingerprint density at radius 3 is 2.07 bits per heavy atom. The Morgan fingerprint density at radius 2 is 1.79 bits per heavy atom. The summed E-state index contributed by atoms with van der Waals surface area (Å²) >= 11 is 0. The van der Waals surface area contributed by atoms with Gasteiger partial charge in [0.25, 0.3) is 0 Å². The Morgan fingerprint density at radius 1 is 1.29 bits per heavy atom. The summed E-state index contributed by atoms with van der Waals surface area (Å²) in [5, 5.41) is 28.2. The first kappa shape index (κ1) is 12.6. The number of nitrogens with one attached hydrogen (secondary N) is 1. The standard InChI is InChI=1S/C10H14N3O/c1-9(2,7-12)8(6-11)5-10(3,4)13-14/h5,13H,1-4H3/q-1. The van der Waals surface area contributed by atoms with Crippen molar-refractivity contribution in [2.75, 3.05) is 0 Å². The van der Waals surface area contributed by atoms with Crippen LogP contribution in [0.15, 0.2) is 11.6 Å². The molecular weight excluding hydrogens is 178 g/mol. The van der Waals surface area contributed by atoms with Crippen LogP contribution in [0.5, 0.6) is 0 Å². The van der Waals surface area contributed by atoms with E-state index in [1.807, 2.05) is 17.6 Å². The average Bonchev–Trinajstić information content (AvgIpc) is 2.14. The molecular formula is C10H14N3O-. The largest absolute Gasteiger partial charge is 0.787 e. The van der Waals surface area contributed by atoms with E-state index in [2.05, 4.69) is 0 Å². The molecule has 0 fully saturated rings. The third-order valence-electron chi connectivity index (χ3n) is 1.84. The summed E-state index contributed by atoms with van der Waals surface area (Å²) in [6.45, 7) is 6.57. The molecule has 0 aliphatic carbocycles. The first-order chi connectivity index (χ1) is 6.29. The molecule has 0 heterocycles. The summed E-state index contributed by atoms with van der Waals surface area (Å²) in [5.41, 5.74) is 0.436. The Bertz CT molecular complexity index is 315. The van der Waals surface area contributed by atoms with Crippen molar-refractivity contribution >= 4 is 0 Å². The van der Waals surface area contributed by atoms with Gasteiger partial charge in [-0.05, 0) is 27.7 Å². The maximum Gasteiger partial charge on any atom is 0.0961 e. The minimum Gasteiger partial charge on any atom is -0.787 e. The quantitative estimate of drug-likeness (QED) is 0.546. The molecule has 4 nitrogen and oxygen atoms in total. The second kappa shape index (κ2) is 4.23. The summed E-state index contributed by atoms with van der Waals surface area (Å²) in [6, 6.07) is 3.96. The molecule has 0 aromatic carbocycles. The van der Waals surface area contributed by atoms with Crippen LogP contribution in [-0.4, -0.2) is 5.54 Å². The second-order valence-electron chi connectivity index (χ2n) is 4.23. The summed E-state index contributed by atoms with van der Waals surface area (Å²) < 4.78 is 0. The van der Waals surface area contributed by atoms with Gasteiger partial charge in [-0.3, -0.25) is 0 Å². The van der Waals surface area contributed by atoms with Crippen molar-refractivity contribution in [1.29, 1.82) is 10.5 Å². The third-order valence-corrected chi connectivity index (χ3v) is 1.84. The van der Waals surface area contributed by atoms with Crippen molar-refractivity contribution in [2.45, 2.75) is 33.2 Å². The molecule has 0 saturated carbocycles. The number of hydrogen-bond donors (Lipinski definition) is 1. The molecule has 4 heteroatoms. The molecule has 0 bridgehead atoms. The summed E-state index contributed by atoms with van der Waals surface area (Å²) in [6.07, 6.45) is 1.49. The first-order valence-electron chi connectivity index (χ1n) is 4.23. The van der Waals surface area contributed by atoms with Gasteiger partial charge in [-0.2, -0.15) is 10.5 Å². The van der Waals surface area contributed by atoms with E-state index in [4.69, 9.17) is 10.5 Å². The van der Waals surface area contributed by atoms with Crippen LogP contribution in [0.2, 0.25) is 0 Å². The van der Waals surface area contributed by atoms with E-state index in [0.717, 1.165) is 0 Å². The van der Waals surface area contributed by atoms with E-state index in [9.17, 15) is 5.21 Å². The molecule has 14 heavy (non-hydrogen) atoms. The number of nitrogens with zero attached hydrogens (tertiary/aromatic N) is 2. The third kappa shape index (κ3) is 3.18. The van der Waals surface area contributed by atoms with Crippen molar-refractivity contribution in [2.24, 2.45) is 5.41 Å².